The van der Waals surface area contributed by atoms with E-state index in [1.54, 1.807) is 30.4 Å². The lowest BCUT2D eigenvalue weighted by Gasteiger charge is -2.25. The first-order valence-corrected chi connectivity index (χ1v) is 12.6. The average molecular weight is 501 g/mol. The van der Waals surface area contributed by atoms with E-state index in [-0.39, 0.29) is 11.9 Å². The van der Waals surface area contributed by atoms with Crippen LogP contribution < -0.4 is 10.1 Å². The summed E-state index contributed by atoms with van der Waals surface area (Å²) < 4.78 is 5.70. The largest absolute Gasteiger partial charge is 0.491 e. The van der Waals surface area contributed by atoms with Crippen LogP contribution in [-0.2, 0) is 10.4 Å². The lowest BCUT2D eigenvalue weighted by Crippen LogP contribution is -2.36. The zero-order valence-corrected chi connectivity index (χ0v) is 20.4. The number of rotatable bonds is 5. The number of hydrogen-bond donors (Lipinski definition) is 2. The average Bonchev–Trinajstić information content (AvgIpc) is 3.51. The van der Waals surface area contributed by atoms with Gasteiger partial charge in [0.25, 0.3) is 5.91 Å². The summed E-state index contributed by atoms with van der Waals surface area (Å²) in [6.45, 7) is 1.13. The van der Waals surface area contributed by atoms with Gasteiger partial charge < -0.3 is 20.1 Å². The second kappa shape index (κ2) is 8.96. The van der Waals surface area contributed by atoms with E-state index in [0.717, 1.165) is 34.1 Å². The number of aliphatic hydroxyl groups is 1. The molecule has 2 atom stereocenters. The Morgan fingerprint density at radius 2 is 2.06 bits per heavy atom. The van der Waals surface area contributed by atoms with Crippen molar-refractivity contribution in [1.29, 1.82) is 0 Å². The Morgan fingerprint density at radius 3 is 2.92 bits per heavy atom. The molecule has 1 amide bonds. The first-order chi connectivity index (χ1) is 17.5. The molecule has 182 valence electrons. The van der Waals surface area contributed by atoms with Crippen LogP contribution in [-0.4, -0.2) is 56.0 Å². The lowest BCUT2D eigenvalue weighted by molar-refractivity contribution is -0.143. The number of thiazole rings is 1. The molecule has 0 spiro atoms. The van der Waals surface area contributed by atoms with E-state index in [2.05, 4.69) is 15.3 Å². The van der Waals surface area contributed by atoms with Crippen LogP contribution in [0.4, 0.5) is 5.95 Å². The Balaban J connectivity index is 1.24. The van der Waals surface area contributed by atoms with E-state index in [9.17, 15) is 9.90 Å². The second-order valence-electron chi connectivity index (χ2n) is 8.94. The summed E-state index contributed by atoms with van der Waals surface area (Å²) in [6, 6.07) is 13.0. The zero-order chi connectivity index (χ0) is 24.7. The maximum absolute atomic E-state index is 12.5. The normalized spacial score (nSPS) is 21.2. The van der Waals surface area contributed by atoms with Gasteiger partial charge in [-0.2, -0.15) is 0 Å². The fourth-order valence-corrected chi connectivity index (χ4v) is 5.44. The molecule has 2 N–H and O–H groups in total. The Morgan fingerprint density at radius 1 is 1.14 bits per heavy atom. The van der Waals surface area contributed by atoms with Crippen LogP contribution in [0.3, 0.4) is 0 Å². The first kappa shape index (κ1) is 22.6. The number of anilines is 1. The highest BCUT2D eigenvalue weighted by Gasteiger charge is 2.45. The second-order valence-corrected chi connectivity index (χ2v) is 9.80. The number of nitrogens with one attached hydrogen (secondary N) is 1. The molecule has 1 unspecified atom stereocenters. The van der Waals surface area contributed by atoms with Gasteiger partial charge in [-0.3, -0.25) is 9.78 Å². The highest BCUT2D eigenvalue weighted by Crippen LogP contribution is 2.36. The van der Waals surface area contributed by atoms with E-state index >= 15 is 0 Å². The summed E-state index contributed by atoms with van der Waals surface area (Å²) in [4.78, 5) is 32.4. The number of ether oxygens (including phenoxy) is 1. The predicted octanol–water partition coefficient (Wildman–Crippen LogP) is 3.65. The molecule has 2 aliphatic heterocycles. The van der Waals surface area contributed by atoms with E-state index < -0.39 is 5.60 Å². The Kier molecular flexibility index (Phi) is 5.62. The van der Waals surface area contributed by atoms with E-state index in [1.807, 2.05) is 41.8 Å². The Labute approximate surface area is 211 Å². The minimum absolute atomic E-state index is 0.0397. The van der Waals surface area contributed by atoms with Gasteiger partial charge in [-0.25, -0.2) is 15.0 Å². The van der Waals surface area contributed by atoms with Crippen molar-refractivity contribution < 1.29 is 14.6 Å². The number of carbonyl (C=O) groups excluding carboxylic acids is 1. The minimum Gasteiger partial charge on any atom is -0.491 e. The van der Waals surface area contributed by atoms with E-state index in [1.165, 1.54) is 11.3 Å². The third-order valence-corrected chi connectivity index (χ3v) is 7.51. The van der Waals surface area contributed by atoms with Crippen LogP contribution in [0.5, 0.6) is 5.75 Å². The van der Waals surface area contributed by atoms with Gasteiger partial charge in [-0.1, -0.05) is 18.2 Å². The molecule has 1 aromatic carbocycles. The predicted molar refractivity (Wildman–Crippen MR) is 135 cm³/mol. The van der Waals surface area contributed by atoms with Crippen LogP contribution in [0.25, 0.3) is 22.0 Å². The van der Waals surface area contributed by atoms with Gasteiger partial charge in [0.05, 0.1) is 18.3 Å². The number of amides is 1. The molecule has 1 saturated heterocycles. The van der Waals surface area contributed by atoms with Gasteiger partial charge in [0.1, 0.15) is 22.1 Å². The SMILES string of the molecule is CN1CC[C@@](O)(c2cccc(-c3nc(-c4ccnc(NC5CCOc6cccnc65)n4)cs3)c2)C1=O. The summed E-state index contributed by atoms with van der Waals surface area (Å²) in [5.41, 5.74) is 2.22. The molecule has 10 heteroatoms. The number of likely N-dealkylation sites (tertiary alicyclic amines) is 1. The van der Waals surface area contributed by atoms with Gasteiger partial charge in [-0.15, -0.1) is 11.3 Å². The molecule has 2 aliphatic rings. The molecule has 1 fully saturated rings. The van der Waals surface area contributed by atoms with Gasteiger partial charge in [0.2, 0.25) is 5.95 Å². The van der Waals surface area contributed by atoms with Crippen LogP contribution in [0.1, 0.15) is 30.1 Å². The van der Waals surface area contributed by atoms with Crippen molar-refractivity contribution in [3.05, 3.63) is 71.5 Å². The molecule has 9 nitrogen and oxygen atoms in total. The molecule has 0 bridgehead atoms. The van der Waals surface area contributed by atoms with Gasteiger partial charge >= 0.3 is 0 Å². The summed E-state index contributed by atoms with van der Waals surface area (Å²) in [5, 5.41) is 17.2. The van der Waals surface area contributed by atoms with E-state index in [4.69, 9.17) is 14.7 Å². The number of nitrogens with zero attached hydrogens (tertiary/aromatic N) is 5. The number of fused-ring (bicyclic) bond motifs is 1. The molecule has 0 aliphatic carbocycles. The maximum atomic E-state index is 12.5. The fraction of sp³-hybridized carbons (Fsp3) is 0.269. The van der Waals surface area contributed by atoms with Crippen molar-refractivity contribution in [2.45, 2.75) is 24.5 Å². The molecule has 0 radical (unpaired) electrons. The first-order valence-electron chi connectivity index (χ1n) is 11.7. The van der Waals surface area contributed by atoms with Crippen LogP contribution in [0.2, 0.25) is 0 Å². The van der Waals surface area contributed by atoms with Crippen molar-refractivity contribution >= 4 is 23.2 Å². The van der Waals surface area contributed by atoms with Gasteiger partial charge in [-0.05, 0) is 29.8 Å². The summed E-state index contributed by atoms with van der Waals surface area (Å²) >= 11 is 1.49. The van der Waals surface area contributed by atoms with Crippen molar-refractivity contribution in [2.24, 2.45) is 0 Å². The Bertz CT molecular complexity index is 1440. The third-order valence-electron chi connectivity index (χ3n) is 6.62. The summed E-state index contributed by atoms with van der Waals surface area (Å²) in [6.07, 6.45) is 4.60. The number of carbonyl (C=O) groups is 1. The fourth-order valence-electron chi connectivity index (χ4n) is 4.63. The summed E-state index contributed by atoms with van der Waals surface area (Å²) in [5.74, 6) is 1.00. The third kappa shape index (κ3) is 3.98. The maximum Gasteiger partial charge on any atom is 0.258 e. The molecule has 0 saturated carbocycles. The number of pyridine rings is 1. The highest BCUT2D eigenvalue weighted by atomic mass is 32.1. The van der Waals surface area contributed by atoms with E-state index in [0.29, 0.717) is 36.8 Å². The van der Waals surface area contributed by atoms with Crippen LogP contribution in [0.15, 0.2) is 60.2 Å². The number of likely N-dealkylation sites (N-methyl/N-ethyl adjacent to an activating group) is 1. The standard InChI is InChI=1S/C26H24N6O3S/c1-32-12-9-26(34,24(32)33)17-5-2-4-16(14-17)23-29-20(15-36-23)18-7-11-28-25(30-18)31-19-8-13-35-21-6-3-10-27-22(19)21/h2-7,10-11,14-15,19,34H,8-9,12-13H2,1H3,(H,28,30,31)/t19?,26-/m1/s1. The smallest absolute Gasteiger partial charge is 0.258 e. The van der Waals surface area contributed by atoms with Crippen molar-refractivity contribution in [3.63, 3.8) is 0 Å². The highest BCUT2D eigenvalue weighted by molar-refractivity contribution is 7.13. The van der Waals surface area contributed by atoms with Crippen molar-refractivity contribution in [3.8, 4) is 27.7 Å². The molecule has 3 aromatic heterocycles. The molecular weight excluding hydrogens is 476 g/mol. The van der Waals surface area contributed by atoms with Crippen LogP contribution in [0, 0.1) is 0 Å². The monoisotopic (exact) mass is 500 g/mol. The quantitative estimate of drug-likeness (QED) is 0.427. The Hall–Kier alpha value is -3.89. The summed E-state index contributed by atoms with van der Waals surface area (Å²) in [7, 11) is 1.71. The molecule has 6 rings (SSSR count). The number of hydrogen-bond acceptors (Lipinski definition) is 9. The molecule has 5 heterocycles. The molecule has 36 heavy (non-hydrogen) atoms. The van der Waals surface area contributed by atoms with Crippen molar-refractivity contribution in [2.75, 3.05) is 25.5 Å². The lowest BCUT2D eigenvalue weighted by atomic mass is 9.91. The minimum atomic E-state index is -1.49. The number of benzene rings is 1. The molecule has 4 aromatic rings. The van der Waals surface area contributed by atoms with Gasteiger partial charge in [0.15, 0.2) is 5.60 Å². The number of aromatic nitrogens is 4. The van der Waals surface area contributed by atoms with Crippen LogP contribution >= 0.6 is 11.3 Å². The zero-order valence-electron chi connectivity index (χ0n) is 19.6. The topological polar surface area (TPSA) is 113 Å². The molecular formula is C26H24N6O3S. The van der Waals surface area contributed by atoms with Crippen molar-refractivity contribution in [1.82, 2.24) is 24.8 Å². The van der Waals surface area contributed by atoms with Gasteiger partial charge in [0, 0.05) is 49.8 Å².